The Morgan fingerprint density at radius 1 is 1.17 bits per heavy atom. The lowest BCUT2D eigenvalue weighted by Crippen LogP contribution is -2.39. The van der Waals surface area contributed by atoms with Crippen LogP contribution in [-0.2, 0) is 20.9 Å². The minimum atomic E-state index is -0.707. The number of carbonyl (C=O) groups excluding carboxylic acids is 3. The number of hydrogen-bond donors (Lipinski definition) is 2. The second-order valence-electron chi connectivity index (χ2n) is 6.12. The van der Waals surface area contributed by atoms with E-state index in [-0.39, 0.29) is 31.0 Å². The van der Waals surface area contributed by atoms with Crippen molar-refractivity contribution in [3.05, 3.63) is 70.2 Å². The average Bonchev–Trinajstić information content (AvgIpc) is 3.24. The van der Waals surface area contributed by atoms with Gasteiger partial charge in [0.25, 0.3) is 11.5 Å². The van der Waals surface area contributed by atoms with Gasteiger partial charge in [-0.3, -0.25) is 23.6 Å². The van der Waals surface area contributed by atoms with Crippen LogP contribution < -0.4 is 16.2 Å². The molecular weight excluding hydrogens is 380 g/mol. The number of carbonyl (C=O) groups is 3. The normalized spacial score (nSPS) is 10.5. The highest BCUT2D eigenvalue weighted by molar-refractivity contribution is 5.94. The van der Waals surface area contributed by atoms with E-state index in [4.69, 9.17) is 9.15 Å². The number of furan rings is 1. The summed E-state index contributed by atoms with van der Waals surface area (Å²) in [5, 5.41) is 4.67. The quantitative estimate of drug-likeness (QED) is 0.543. The SMILES string of the molecule is Cc1ccc2nc(COC(=O)CNC(=O)CNC(=O)c3ccco3)cc(=O)n2c1. The molecule has 0 radical (unpaired) electrons. The molecule has 0 atom stereocenters. The Bertz CT molecular complexity index is 1100. The standard InChI is InChI=1S/C19H18N4O6/c1-12-4-5-15-22-13(7-17(25)23(15)10-12)11-29-18(26)9-20-16(24)8-21-19(27)14-3-2-6-28-14/h2-7,10H,8-9,11H2,1H3,(H,20,24)(H,21,27). The fourth-order valence-electron chi connectivity index (χ4n) is 2.43. The molecule has 10 nitrogen and oxygen atoms in total. The first kappa shape index (κ1) is 19.8. The Kier molecular flexibility index (Phi) is 6.03. The molecule has 0 aliphatic rings. The van der Waals surface area contributed by atoms with E-state index < -0.39 is 17.8 Å². The van der Waals surface area contributed by atoms with Crippen LogP contribution in [0.2, 0.25) is 0 Å². The zero-order valence-corrected chi connectivity index (χ0v) is 15.5. The van der Waals surface area contributed by atoms with Gasteiger partial charge in [0.1, 0.15) is 18.8 Å². The van der Waals surface area contributed by atoms with Gasteiger partial charge in [-0.25, -0.2) is 4.98 Å². The smallest absolute Gasteiger partial charge is 0.325 e. The van der Waals surface area contributed by atoms with E-state index >= 15 is 0 Å². The Hall–Kier alpha value is -3.95. The molecule has 0 fully saturated rings. The van der Waals surface area contributed by atoms with Crippen molar-refractivity contribution in [3.8, 4) is 0 Å². The number of amides is 2. The molecule has 0 spiro atoms. The molecular formula is C19H18N4O6. The van der Waals surface area contributed by atoms with Gasteiger partial charge in [-0.2, -0.15) is 0 Å². The molecule has 3 heterocycles. The van der Waals surface area contributed by atoms with Crippen LogP contribution in [0.5, 0.6) is 0 Å². The number of aromatic nitrogens is 2. The van der Waals surface area contributed by atoms with Crippen LogP contribution in [0.25, 0.3) is 5.65 Å². The van der Waals surface area contributed by atoms with Gasteiger partial charge in [-0.1, -0.05) is 6.07 Å². The molecule has 2 N–H and O–H groups in total. The van der Waals surface area contributed by atoms with Gasteiger partial charge in [0.2, 0.25) is 5.91 Å². The third-order valence-corrected chi connectivity index (χ3v) is 3.83. The monoisotopic (exact) mass is 398 g/mol. The van der Waals surface area contributed by atoms with Gasteiger partial charge < -0.3 is 19.8 Å². The molecule has 0 aromatic carbocycles. The van der Waals surface area contributed by atoms with E-state index in [1.54, 1.807) is 18.3 Å². The predicted octanol–water partition coefficient (Wildman–Crippen LogP) is 0.185. The zero-order valence-electron chi connectivity index (χ0n) is 15.5. The van der Waals surface area contributed by atoms with Gasteiger partial charge in [0.15, 0.2) is 5.76 Å². The summed E-state index contributed by atoms with van der Waals surface area (Å²) in [4.78, 5) is 51.5. The summed E-state index contributed by atoms with van der Waals surface area (Å²) >= 11 is 0. The first-order valence-corrected chi connectivity index (χ1v) is 8.65. The molecule has 0 aliphatic carbocycles. The molecule has 3 aromatic rings. The fourth-order valence-corrected chi connectivity index (χ4v) is 2.43. The Balaban J connectivity index is 1.44. The second-order valence-corrected chi connectivity index (χ2v) is 6.12. The van der Waals surface area contributed by atoms with Crippen molar-refractivity contribution < 1.29 is 23.5 Å². The number of aryl methyl sites for hydroxylation is 1. The third kappa shape index (κ3) is 5.28. The predicted molar refractivity (Wildman–Crippen MR) is 100 cm³/mol. The van der Waals surface area contributed by atoms with Gasteiger partial charge in [-0.15, -0.1) is 0 Å². The van der Waals surface area contributed by atoms with Gasteiger partial charge in [0, 0.05) is 12.3 Å². The van der Waals surface area contributed by atoms with Crippen LogP contribution in [0.4, 0.5) is 0 Å². The van der Waals surface area contributed by atoms with E-state index in [0.717, 1.165) is 5.56 Å². The van der Waals surface area contributed by atoms with E-state index in [1.807, 2.05) is 13.0 Å². The van der Waals surface area contributed by atoms with Crippen LogP contribution in [0.1, 0.15) is 21.8 Å². The van der Waals surface area contributed by atoms with Crippen LogP contribution in [0, 0.1) is 6.92 Å². The lowest BCUT2D eigenvalue weighted by atomic mass is 10.3. The highest BCUT2D eigenvalue weighted by Crippen LogP contribution is 2.03. The minimum Gasteiger partial charge on any atom is -0.459 e. The average molecular weight is 398 g/mol. The molecule has 0 unspecified atom stereocenters. The number of fused-ring (bicyclic) bond motifs is 1. The van der Waals surface area contributed by atoms with E-state index in [0.29, 0.717) is 11.3 Å². The maximum Gasteiger partial charge on any atom is 0.325 e. The lowest BCUT2D eigenvalue weighted by molar-refractivity contribution is -0.145. The van der Waals surface area contributed by atoms with E-state index in [1.165, 1.54) is 22.8 Å². The van der Waals surface area contributed by atoms with Crippen molar-refractivity contribution >= 4 is 23.4 Å². The summed E-state index contributed by atoms with van der Waals surface area (Å²) in [6.45, 7) is 0.943. The van der Waals surface area contributed by atoms with E-state index in [9.17, 15) is 19.2 Å². The molecule has 3 aromatic heterocycles. The van der Waals surface area contributed by atoms with Crippen molar-refractivity contribution in [2.75, 3.05) is 13.1 Å². The van der Waals surface area contributed by atoms with Crippen molar-refractivity contribution in [1.29, 1.82) is 0 Å². The van der Waals surface area contributed by atoms with Crippen LogP contribution in [0.15, 0.2) is 52.0 Å². The first-order chi connectivity index (χ1) is 13.9. The molecule has 29 heavy (non-hydrogen) atoms. The number of nitrogens with one attached hydrogen (secondary N) is 2. The van der Waals surface area contributed by atoms with Gasteiger partial charge in [0.05, 0.1) is 18.5 Å². The Labute approximate surface area is 164 Å². The van der Waals surface area contributed by atoms with Crippen molar-refractivity contribution in [1.82, 2.24) is 20.0 Å². The van der Waals surface area contributed by atoms with E-state index in [2.05, 4.69) is 15.6 Å². The molecule has 0 aliphatic heterocycles. The van der Waals surface area contributed by atoms with Gasteiger partial charge >= 0.3 is 5.97 Å². The highest BCUT2D eigenvalue weighted by atomic mass is 16.5. The molecule has 0 saturated heterocycles. The Morgan fingerprint density at radius 3 is 2.76 bits per heavy atom. The number of hydrogen-bond acceptors (Lipinski definition) is 7. The molecule has 150 valence electrons. The highest BCUT2D eigenvalue weighted by Gasteiger charge is 2.12. The minimum absolute atomic E-state index is 0.0751. The number of pyridine rings is 1. The number of esters is 1. The lowest BCUT2D eigenvalue weighted by Gasteiger charge is -2.08. The number of rotatable bonds is 7. The number of nitrogens with zero attached hydrogens (tertiary/aromatic N) is 2. The van der Waals surface area contributed by atoms with Crippen LogP contribution in [0.3, 0.4) is 0 Å². The molecule has 3 rings (SSSR count). The van der Waals surface area contributed by atoms with Crippen LogP contribution in [-0.4, -0.2) is 40.3 Å². The summed E-state index contributed by atoms with van der Waals surface area (Å²) in [6, 6.07) is 7.79. The largest absolute Gasteiger partial charge is 0.459 e. The van der Waals surface area contributed by atoms with Crippen molar-refractivity contribution in [2.45, 2.75) is 13.5 Å². The van der Waals surface area contributed by atoms with Crippen LogP contribution >= 0.6 is 0 Å². The summed E-state index contributed by atoms with van der Waals surface area (Å²) < 4.78 is 11.3. The summed E-state index contributed by atoms with van der Waals surface area (Å²) in [5.41, 5.74) is 1.36. The topological polar surface area (TPSA) is 132 Å². The molecule has 2 amide bonds. The van der Waals surface area contributed by atoms with Crippen molar-refractivity contribution in [2.24, 2.45) is 0 Å². The maximum absolute atomic E-state index is 12.1. The summed E-state index contributed by atoms with van der Waals surface area (Å²) in [7, 11) is 0. The van der Waals surface area contributed by atoms with Gasteiger partial charge in [-0.05, 0) is 30.7 Å². The Morgan fingerprint density at radius 2 is 2.00 bits per heavy atom. The van der Waals surface area contributed by atoms with Crippen molar-refractivity contribution in [3.63, 3.8) is 0 Å². The zero-order chi connectivity index (χ0) is 20.8. The fraction of sp³-hybridized carbons (Fsp3) is 0.211. The summed E-state index contributed by atoms with van der Waals surface area (Å²) in [6.07, 6.45) is 3.01. The molecule has 0 saturated carbocycles. The first-order valence-electron chi connectivity index (χ1n) is 8.65. The molecule has 0 bridgehead atoms. The second kappa shape index (κ2) is 8.83. The number of ether oxygens (including phenoxy) is 1. The maximum atomic E-state index is 12.1. The molecule has 10 heteroatoms. The third-order valence-electron chi connectivity index (χ3n) is 3.83. The summed E-state index contributed by atoms with van der Waals surface area (Å²) in [5.74, 6) is -1.75.